The van der Waals surface area contributed by atoms with Gasteiger partial charge in [0.25, 0.3) is 5.91 Å². The largest absolute Gasteiger partial charge is 0.497 e. The summed E-state index contributed by atoms with van der Waals surface area (Å²) in [5, 5.41) is 9.33. The summed E-state index contributed by atoms with van der Waals surface area (Å²) in [6, 6.07) is 5.50. The highest BCUT2D eigenvalue weighted by Gasteiger charge is 2.57. The van der Waals surface area contributed by atoms with Crippen LogP contribution in [0.3, 0.4) is 0 Å². The summed E-state index contributed by atoms with van der Waals surface area (Å²) in [6.07, 6.45) is 5.12. The van der Waals surface area contributed by atoms with Gasteiger partial charge in [0.2, 0.25) is 5.91 Å². The maximum absolute atomic E-state index is 12.7. The van der Waals surface area contributed by atoms with Gasteiger partial charge in [0.15, 0.2) is 0 Å². The van der Waals surface area contributed by atoms with E-state index in [0.29, 0.717) is 17.0 Å². The molecule has 0 aromatic heterocycles. The maximum atomic E-state index is 12.7. The molecule has 3 N–H and O–H groups in total. The minimum Gasteiger partial charge on any atom is -0.497 e. The highest BCUT2D eigenvalue weighted by atomic mass is 35.5. The molecule has 2 saturated carbocycles. The molecule has 7 heteroatoms. The van der Waals surface area contributed by atoms with Crippen molar-refractivity contribution in [3.63, 3.8) is 0 Å². The zero-order valence-corrected chi connectivity index (χ0v) is 15.8. The van der Waals surface area contributed by atoms with E-state index >= 15 is 0 Å². The first-order chi connectivity index (χ1) is 12.1. The van der Waals surface area contributed by atoms with Crippen LogP contribution in [0.4, 0.5) is 5.69 Å². The van der Waals surface area contributed by atoms with Crippen molar-refractivity contribution in [2.45, 2.75) is 38.1 Å². The number of benzene rings is 1. The van der Waals surface area contributed by atoms with Gasteiger partial charge in [-0.3, -0.25) is 9.59 Å². The summed E-state index contributed by atoms with van der Waals surface area (Å²) in [5.41, 5.74) is 1.22. The van der Waals surface area contributed by atoms with Crippen LogP contribution in [0.5, 0.6) is 5.75 Å². The number of carbonyl (C=O) groups excluding carboxylic acids is 2. The molecule has 1 aliphatic heterocycles. The Morgan fingerprint density at radius 2 is 1.96 bits per heavy atom. The van der Waals surface area contributed by atoms with Crippen LogP contribution in [0.1, 0.15) is 42.5 Å². The van der Waals surface area contributed by atoms with E-state index in [1.54, 1.807) is 25.3 Å². The van der Waals surface area contributed by atoms with Crippen LogP contribution in [0.2, 0.25) is 0 Å². The quantitative estimate of drug-likeness (QED) is 0.733. The minimum absolute atomic E-state index is 0. The van der Waals surface area contributed by atoms with Gasteiger partial charge in [-0.2, -0.15) is 0 Å². The highest BCUT2D eigenvalue weighted by Crippen LogP contribution is 2.58. The van der Waals surface area contributed by atoms with Crippen molar-refractivity contribution < 1.29 is 14.3 Å². The number of anilines is 1. The first kappa shape index (κ1) is 19.0. The van der Waals surface area contributed by atoms with Crippen LogP contribution in [0.15, 0.2) is 18.2 Å². The summed E-state index contributed by atoms with van der Waals surface area (Å²) in [6.45, 7) is 1.97. The van der Waals surface area contributed by atoms with Gasteiger partial charge in [-0.25, -0.2) is 0 Å². The molecular weight excluding hydrogens is 354 g/mol. The fraction of sp³-hybridized carbons (Fsp3) is 0.579. The predicted octanol–water partition coefficient (Wildman–Crippen LogP) is 2.34. The first-order valence-corrected chi connectivity index (χ1v) is 9.12. The van der Waals surface area contributed by atoms with Crippen molar-refractivity contribution in [1.29, 1.82) is 0 Å². The van der Waals surface area contributed by atoms with Gasteiger partial charge in [0, 0.05) is 12.0 Å². The molecule has 2 aliphatic carbocycles. The second-order valence-electron chi connectivity index (χ2n) is 7.52. The lowest BCUT2D eigenvalue weighted by molar-refractivity contribution is -0.118. The monoisotopic (exact) mass is 379 g/mol. The average molecular weight is 380 g/mol. The predicted molar refractivity (Wildman–Crippen MR) is 102 cm³/mol. The van der Waals surface area contributed by atoms with E-state index in [4.69, 9.17) is 4.74 Å². The lowest BCUT2D eigenvalue weighted by Crippen LogP contribution is -2.32. The number of piperidine rings is 1. The van der Waals surface area contributed by atoms with Crippen LogP contribution in [-0.4, -0.2) is 38.1 Å². The molecule has 1 heterocycles. The van der Waals surface area contributed by atoms with Crippen molar-refractivity contribution in [1.82, 2.24) is 10.6 Å². The molecular formula is C19H26ClN3O3. The molecule has 6 nitrogen and oxygen atoms in total. The molecule has 26 heavy (non-hydrogen) atoms. The molecule has 3 fully saturated rings. The van der Waals surface area contributed by atoms with E-state index < -0.39 is 0 Å². The Kier molecular flexibility index (Phi) is 5.44. The molecule has 1 spiro atoms. The average Bonchev–Trinajstić information content (AvgIpc) is 3.54. The van der Waals surface area contributed by atoms with Gasteiger partial charge < -0.3 is 20.7 Å². The second-order valence-corrected chi connectivity index (χ2v) is 7.52. The van der Waals surface area contributed by atoms with E-state index in [1.165, 1.54) is 0 Å². The van der Waals surface area contributed by atoms with Gasteiger partial charge in [0.1, 0.15) is 5.75 Å². The van der Waals surface area contributed by atoms with Gasteiger partial charge in [0.05, 0.1) is 18.4 Å². The standard InChI is InChI=1S/C19H25N3O3.ClH/c1-25-13-4-5-16(14(10-13)17(23)21-12-2-3-12)22-18(24)15-11-19(15)6-8-20-9-7-19;/h4-5,10,12,15,20H,2-3,6-9,11H2,1H3,(H,21,23)(H,22,24);1H. The number of hydrogen-bond donors (Lipinski definition) is 3. The molecule has 1 atom stereocenters. The molecule has 3 aliphatic rings. The van der Waals surface area contributed by atoms with Crippen molar-refractivity contribution in [2.75, 3.05) is 25.5 Å². The number of rotatable bonds is 5. The van der Waals surface area contributed by atoms with Crippen LogP contribution < -0.4 is 20.7 Å². The summed E-state index contributed by atoms with van der Waals surface area (Å²) in [4.78, 5) is 25.2. The van der Waals surface area contributed by atoms with E-state index in [9.17, 15) is 9.59 Å². The fourth-order valence-electron chi connectivity index (χ4n) is 3.85. The lowest BCUT2D eigenvalue weighted by atomic mass is 9.91. The highest BCUT2D eigenvalue weighted by molar-refractivity contribution is 6.05. The van der Waals surface area contributed by atoms with E-state index in [1.807, 2.05) is 0 Å². The smallest absolute Gasteiger partial charge is 0.253 e. The second kappa shape index (κ2) is 7.45. The third-order valence-corrected chi connectivity index (χ3v) is 5.75. The fourth-order valence-corrected chi connectivity index (χ4v) is 3.85. The number of nitrogens with one attached hydrogen (secondary N) is 3. The van der Waals surface area contributed by atoms with Gasteiger partial charge in [-0.15, -0.1) is 12.4 Å². The Morgan fingerprint density at radius 1 is 1.23 bits per heavy atom. The van der Waals surface area contributed by atoms with Crippen LogP contribution in [0.25, 0.3) is 0 Å². The number of amides is 2. The van der Waals surface area contributed by atoms with Crippen LogP contribution in [0, 0.1) is 11.3 Å². The minimum atomic E-state index is -0.149. The van der Waals surface area contributed by atoms with Crippen molar-refractivity contribution in [2.24, 2.45) is 11.3 Å². The van der Waals surface area contributed by atoms with E-state index in [0.717, 1.165) is 45.2 Å². The SMILES string of the molecule is COc1ccc(NC(=O)C2CC23CCNCC3)c(C(=O)NC2CC2)c1.Cl. The summed E-state index contributed by atoms with van der Waals surface area (Å²) < 4.78 is 5.24. The number of ether oxygens (including phenoxy) is 1. The molecule has 4 rings (SSSR count). The molecule has 142 valence electrons. The van der Waals surface area contributed by atoms with Crippen molar-refractivity contribution in [3.8, 4) is 5.75 Å². The van der Waals surface area contributed by atoms with Crippen molar-refractivity contribution in [3.05, 3.63) is 23.8 Å². The number of methoxy groups -OCH3 is 1. The van der Waals surface area contributed by atoms with Gasteiger partial charge >= 0.3 is 0 Å². The third kappa shape index (κ3) is 3.81. The molecule has 1 saturated heterocycles. The van der Waals surface area contributed by atoms with Crippen molar-refractivity contribution >= 4 is 29.9 Å². The molecule has 0 radical (unpaired) electrons. The Balaban J connectivity index is 0.00000196. The molecule has 2 amide bonds. The third-order valence-electron chi connectivity index (χ3n) is 5.75. The zero-order valence-electron chi connectivity index (χ0n) is 15.0. The number of carbonyl (C=O) groups is 2. The summed E-state index contributed by atoms with van der Waals surface area (Å²) in [5.74, 6) is 0.563. The molecule has 0 bridgehead atoms. The van der Waals surface area contributed by atoms with Crippen LogP contribution in [-0.2, 0) is 4.79 Å². The zero-order chi connectivity index (χ0) is 17.4. The summed E-state index contributed by atoms with van der Waals surface area (Å²) in [7, 11) is 1.57. The van der Waals surface area contributed by atoms with Crippen LogP contribution >= 0.6 is 12.4 Å². The summed E-state index contributed by atoms with van der Waals surface area (Å²) >= 11 is 0. The topological polar surface area (TPSA) is 79.5 Å². The number of halogens is 1. The number of hydrogen-bond acceptors (Lipinski definition) is 4. The normalized spacial score (nSPS) is 22.9. The van der Waals surface area contributed by atoms with E-state index in [2.05, 4.69) is 16.0 Å². The molecule has 1 unspecified atom stereocenters. The van der Waals surface area contributed by atoms with Gasteiger partial charge in [-0.1, -0.05) is 0 Å². The Hall–Kier alpha value is -1.79. The lowest BCUT2D eigenvalue weighted by Gasteiger charge is -2.23. The molecule has 1 aromatic carbocycles. The van der Waals surface area contributed by atoms with Gasteiger partial charge in [-0.05, 0) is 68.8 Å². The Morgan fingerprint density at radius 3 is 2.62 bits per heavy atom. The Bertz CT molecular complexity index is 699. The molecule has 1 aromatic rings. The first-order valence-electron chi connectivity index (χ1n) is 9.12. The van der Waals surface area contributed by atoms with E-state index in [-0.39, 0.29) is 41.6 Å². The Labute approximate surface area is 159 Å². The maximum Gasteiger partial charge on any atom is 0.253 e.